The highest BCUT2D eigenvalue weighted by Gasteiger charge is 2.17. The number of nitrogens with one attached hydrogen (secondary N) is 1. The Kier molecular flexibility index (Phi) is 3.59. The van der Waals surface area contributed by atoms with Crippen LogP contribution < -0.4 is 5.32 Å². The van der Waals surface area contributed by atoms with Gasteiger partial charge in [0.15, 0.2) is 0 Å². The summed E-state index contributed by atoms with van der Waals surface area (Å²) in [6.07, 6.45) is 3.45. The van der Waals surface area contributed by atoms with Crippen molar-refractivity contribution in [1.82, 2.24) is 10.3 Å². The molecule has 0 amide bonds. The van der Waals surface area contributed by atoms with Gasteiger partial charge in [0, 0.05) is 17.3 Å². The molecule has 0 fully saturated rings. The molecule has 0 spiro atoms. The van der Waals surface area contributed by atoms with Gasteiger partial charge in [0.25, 0.3) is 0 Å². The second-order valence-corrected chi connectivity index (χ2v) is 5.08. The lowest BCUT2D eigenvalue weighted by Crippen LogP contribution is -2.18. The van der Waals surface area contributed by atoms with Gasteiger partial charge in [0.1, 0.15) is 0 Å². The van der Waals surface area contributed by atoms with Crippen LogP contribution in [-0.4, -0.2) is 12.0 Å². The predicted octanol–water partition coefficient (Wildman–Crippen LogP) is 3.41. The van der Waals surface area contributed by atoms with Crippen LogP contribution in [0.5, 0.6) is 0 Å². The summed E-state index contributed by atoms with van der Waals surface area (Å²) in [5.41, 5.74) is 2.35. The molecule has 16 heavy (non-hydrogen) atoms. The number of thiophene rings is 1. The van der Waals surface area contributed by atoms with E-state index in [0.717, 1.165) is 5.56 Å². The SMILES string of the molecule is CNC(c1ccncc1Cl)c1ccsc1C. The Morgan fingerprint density at radius 3 is 2.75 bits per heavy atom. The third-order valence-electron chi connectivity index (χ3n) is 2.61. The fourth-order valence-electron chi connectivity index (χ4n) is 1.79. The summed E-state index contributed by atoms with van der Waals surface area (Å²) in [5.74, 6) is 0. The van der Waals surface area contributed by atoms with Crippen molar-refractivity contribution in [3.63, 3.8) is 0 Å². The van der Waals surface area contributed by atoms with Crippen molar-refractivity contribution in [2.24, 2.45) is 0 Å². The van der Waals surface area contributed by atoms with Crippen LogP contribution >= 0.6 is 22.9 Å². The van der Waals surface area contributed by atoms with E-state index in [9.17, 15) is 0 Å². The van der Waals surface area contributed by atoms with E-state index >= 15 is 0 Å². The lowest BCUT2D eigenvalue weighted by molar-refractivity contribution is 0.690. The van der Waals surface area contributed by atoms with Gasteiger partial charge in [-0.15, -0.1) is 11.3 Å². The molecule has 2 aromatic heterocycles. The maximum Gasteiger partial charge on any atom is 0.0640 e. The van der Waals surface area contributed by atoms with Crippen LogP contribution in [-0.2, 0) is 0 Å². The van der Waals surface area contributed by atoms with Crippen LogP contribution in [0.15, 0.2) is 29.9 Å². The number of aromatic nitrogens is 1. The van der Waals surface area contributed by atoms with Gasteiger partial charge in [-0.25, -0.2) is 0 Å². The van der Waals surface area contributed by atoms with Crippen LogP contribution in [0.1, 0.15) is 22.0 Å². The molecule has 2 nitrogen and oxygen atoms in total. The summed E-state index contributed by atoms with van der Waals surface area (Å²) < 4.78 is 0. The molecule has 0 saturated carbocycles. The highest BCUT2D eigenvalue weighted by molar-refractivity contribution is 7.10. The Balaban J connectivity index is 2.45. The molecule has 0 aliphatic rings. The summed E-state index contributed by atoms with van der Waals surface area (Å²) in [6, 6.07) is 4.24. The number of rotatable bonds is 3. The van der Waals surface area contributed by atoms with E-state index in [1.165, 1.54) is 10.4 Å². The smallest absolute Gasteiger partial charge is 0.0640 e. The van der Waals surface area contributed by atoms with E-state index in [1.54, 1.807) is 23.7 Å². The Morgan fingerprint density at radius 2 is 2.19 bits per heavy atom. The molecule has 4 heteroatoms. The van der Waals surface area contributed by atoms with E-state index < -0.39 is 0 Å². The molecule has 84 valence electrons. The number of pyridine rings is 1. The molecular formula is C12H13ClN2S. The molecule has 1 N–H and O–H groups in total. The normalized spacial score (nSPS) is 12.7. The molecule has 2 rings (SSSR count). The second kappa shape index (κ2) is 4.95. The zero-order chi connectivity index (χ0) is 11.5. The average Bonchev–Trinajstić information content (AvgIpc) is 2.69. The summed E-state index contributed by atoms with van der Waals surface area (Å²) in [7, 11) is 1.94. The first-order chi connectivity index (χ1) is 7.74. The van der Waals surface area contributed by atoms with E-state index in [2.05, 4.69) is 28.7 Å². The highest BCUT2D eigenvalue weighted by atomic mass is 35.5. The van der Waals surface area contributed by atoms with Crippen molar-refractivity contribution in [2.75, 3.05) is 7.05 Å². The summed E-state index contributed by atoms with van der Waals surface area (Å²) in [5, 5.41) is 6.10. The van der Waals surface area contributed by atoms with E-state index in [-0.39, 0.29) is 6.04 Å². The quantitative estimate of drug-likeness (QED) is 0.906. The van der Waals surface area contributed by atoms with Crippen molar-refractivity contribution in [3.05, 3.63) is 50.9 Å². The molecule has 0 radical (unpaired) electrons. The van der Waals surface area contributed by atoms with E-state index in [1.807, 2.05) is 13.1 Å². The van der Waals surface area contributed by atoms with Crippen LogP contribution in [0.25, 0.3) is 0 Å². The van der Waals surface area contributed by atoms with Gasteiger partial charge in [-0.2, -0.15) is 0 Å². The molecule has 1 unspecified atom stereocenters. The van der Waals surface area contributed by atoms with Crippen molar-refractivity contribution in [3.8, 4) is 0 Å². The van der Waals surface area contributed by atoms with Crippen LogP contribution in [0, 0.1) is 6.92 Å². The molecule has 1 atom stereocenters. The monoisotopic (exact) mass is 252 g/mol. The fraction of sp³-hybridized carbons (Fsp3) is 0.250. The van der Waals surface area contributed by atoms with Crippen molar-refractivity contribution in [2.45, 2.75) is 13.0 Å². The zero-order valence-electron chi connectivity index (χ0n) is 9.20. The first-order valence-corrected chi connectivity index (χ1v) is 6.30. The maximum atomic E-state index is 6.17. The Bertz CT molecular complexity index is 481. The molecule has 0 aromatic carbocycles. The third kappa shape index (κ3) is 2.12. The largest absolute Gasteiger partial charge is 0.309 e. The van der Waals surface area contributed by atoms with E-state index in [0.29, 0.717) is 5.02 Å². The number of halogens is 1. The topological polar surface area (TPSA) is 24.9 Å². The fourth-order valence-corrected chi connectivity index (χ4v) is 2.76. The first kappa shape index (κ1) is 11.6. The van der Waals surface area contributed by atoms with Crippen molar-refractivity contribution >= 4 is 22.9 Å². The minimum atomic E-state index is 0.141. The summed E-state index contributed by atoms with van der Waals surface area (Å²) in [4.78, 5) is 5.32. The molecular weight excluding hydrogens is 240 g/mol. The number of aryl methyl sites for hydroxylation is 1. The first-order valence-electron chi connectivity index (χ1n) is 5.04. The number of hydrogen-bond donors (Lipinski definition) is 1. The van der Waals surface area contributed by atoms with E-state index in [4.69, 9.17) is 11.6 Å². The van der Waals surface area contributed by atoms with Crippen LogP contribution in [0.3, 0.4) is 0 Å². The van der Waals surface area contributed by atoms with Gasteiger partial charge in [0.05, 0.1) is 11.1 Å². The zero-order valence-corrected chi connectivity index (χ0v) is 10.8. The lowest BCUT2D eigenvalue weighted by Gasteiger charge is -2.17. The van der Waals surface area contributed by atoms with Gasteiger partial charge in [-0.3, -0.25) is 4.98 Å². The standard InChI is InChI=1S/C12H13ClN2S/c1-8-9(4-6-16-8)12(14-2)10-3-5-15-7-11(10)13/h3-7,12,14H,1-2H3. The van der Waals surface area contributed by atoms with Gasteiger partial charge in [-0.05, 0) is 42.6 Å². The molecule has 0 aliphatic carbocycles. The minimum Gasteiger partial charge on any atom is -0.309 e. The van der Waals surface area contributed by atoms with Gasteiger partial charge >= 0.3 is 0 Å². The number of hydrogen-bond acceptors (Lipinski definition) is 3. The Hall–Kier alpha value is -0.900. The summed E-state index contributed by atoms with van der Waals surface area (Å²) >= 11 is 7.92. The molecule has 0 saturated heterocycles. The van der Waals surface area contributed by atoms with Crippen molar-refractivity contribution in [1.29, 1.82) is 0 Å². The minimum absolute atomic E-state index is 0.141. The van der Waals surface area contributed by atoms with Crippen molar-refractivity contribution < 1.29 is 0 Å². The van der Waals surface area contributed by atoms with Gasteiger partial charge < -0.3 is 5.32 Å². The Morgan fingerprint density at radius 1 is 1.38 bits per heavy atom. The molecule has 2 aromatic rings. The highest BCUT2D eigenvalue weighted by Crippen LogP contribution is 2.31. The Labute approximate surface area is 104 Å². The predicted molar refractivity (Wildman–Crippen MR) is 69.2 cm³/mol. The second-order valence-electron chi connectivity index (χ2n) is 3.55. The lowest BCUT2D eigenvalue weighted by atomic mass is 10.0. The molecule has 0 bridgehead atoms. The molecule has 0 aliphatic heterocycles. The number of nitrogens with zero attached hydrogens (tertiary/aromatic N) is 1. The van der Waals surface area contributed by atoms with Crippen LogP contribution in [0.2, 0.25) is 5.02 Å². The van der Waals surface area contributed by atoms with Crippen LogP contribution in [0.4, 0.5) is 0 Å². The third-order valence-corrected chi connectivity index (χ3v) is 3.79. The van der Waals surface area contributed by atoms with Gasteiger partial charge in [0.2, 0.25) is 0 Å². The van der Waals surface area contributed by atoms with Gasteiger partial charge in [-0.1, -0.05) is 11.6 Å². The summed E-state index contributed by atoms with van der Waals surface area (Å²) in [6.45, 7) is 2.12. The average molecular weight is 253 g/mol. The maximum absolute atomic E-state index is 6.17. The molecule has 2 heterocycles.